The van der Waals surface area contributed by atoms with Crippen molar-refractivity contribution in [2.75, 3.05) is 25.0 Å². The Morgan fingerprint density at radius 3 is 2.80 bits per heavy atom. The first kappa shape index (κ1) is 17.9. The third kappa shape index (κ3) is 4.02. The zero-order valence-corrected chi connectivity index (χ0v) is 15.0. The van der Waals surface area contributed by atoms with Crippen molar-refractivity contribution in [1.29, 1.82) is 0 Å². The van der Waals surface area contributed by atoms with Gasteiger partial charge in [0.25, 0.3) is 0 Å². The Kier molecular flexibility index (Phi) is 5.39. The van der Waals surface area contributed by atoms with Gasteiger partial charge in [-0.3, -0.25) is 14.5 Å². The largest absolute Gasteiger partial charge is 0.480 e. The van der Waals surface area contributed by atoms with E-state index in [9.17, 15) is 9.59 Å². The summed E-state index contributed by atoms with van der Waals surface area (Å²) >= 11 is 0. The molecule has 2 N–H and O–H groups in total. The fourth-order valence-corrected chi connectivity index (χ4v) is 3.81. The molecule has 1 saturated carbocycles. The molecular weight excluding hydrogens is 318 g/mol. The van der Waals surface area contributed by atoms with Gasteiger partial charge in [0.15, 0.2) is 0 Å². The second-order valence-corrected chi connectivity index (χ2v) is 7.08. The van der Waals surface area contributed by atoms with Crippen LogP contribution in [0, 0.1) is 0 Å². The van der Waals surface area contributed by atoms with Crippen LogP contribution in [-0.2, 0) is 22.6 Å². The lowest BCUT2D eigenvalue weighted by Gasteiger charge is -2.42. The summed E-state index contributed by atoms with van der Waals surface area (Å²) in [5.41, 5.74) is 3.50. The number of nitrogens with one attached hydrogen (secondary N) is 1. The van der Waals surface area contributed by atoms with E-state index in [1.54, 1.807) is 4.90 Å². The number of aliphatic carboxylic acids is 1. The molecule has 1 aromatic rings. The molecule has 1 aliphatic carbocycles. The van der Waals surface area contributed by atoms with Crippen LogP contribution in [-0.4, -0.2) is 54.1 Å². The van der Waals surface area contributed by atoms with E-state index < -0.39 is 5.97 Å². The van der Waals surface area contributed by atoms with E-state index in [0.717, 1.165) is 38.0 Å². The van der Waals surface area contributed by atoms with Crippen LogP contribution in [0.2, 0.25) is 0 Å². The number of benzene rings is 1. The standard InChI is InChI=1S/C19H27N3O3/c1-3-22(12-19(24)25)16-9-15(10-16)20-11-13-4-6-17-14(8-13)5-7-18(23)21(17)2/h4,6,8,15-16,20H,3,5,7,9-12H2,1-2H3,(H,24,25). The number of carboxylic acids is 1. The lowest BCUT2D eigenvalue weighted by molar-refractivity contribution is -0.139. The Labute approximate surface area is 148 Å². The fourth-order valence-electron chi connectivity index (χ4n) is 3.81. The molecule has 0 radical (unpaired) electrons. The highest BCUT2D eigenvalue weighted by Crippen LogP contribution is 2.29. The third-order valence-electron chi connectivity index (χ3n) is 5.46. The molecule has 1 heterocycles. The van der Waals surface area contributed by atoms with E-state index in [0.29, 0.717) is 18.5 Å². The average molecular weight is 345 g/mol. The van der Waals surface area contributed by atoms with Gasteiger partial charge < -0.3 is 15.3 Å². The smallest absolute Gasteiger partial charge is 0.317 e. The molecule has 0 saturated heterocycles. The predicted molar refractivity (Wildman–Crippen MR) is 96.7 cm³/mol. The van der Waals surface area contributed by atoms with Gasteiger partial charge in [-0.2, -0.15) is 0 Å². The minimum atomic E-state index is -0.754. The summed E-state index contributed by atoms with van der Waals surface area (Å²) in [6, 6.07) is 7.15. The number of amides is 1. The molecule has 6 nitrogen and oxygen atoms in total. The van der Waals surface area contributed by atoms with Crippen LogP contribution in [0.3, 0.4) is 0 Å². The lowest BCUT2D eigenvalue weighted by atomic mass is 9.85. The van der Waals surface area contributed by atoms with E-state index in [2.05, 4.69) is 17.4 Å². The monoisotopic (exact) mass is 345 g/mol. The molecule has 1 fully saturated rings. The van der Waals surface area contributed by atoms with Gasteiger partial charge in [0.2, 0.25) is 5.91 Å². The molecule has 25 heavy (non-hydrogen) atoms. The molecule has 1 aromatic carbocycles. The van der Waals surface area contributed by atoms with E-state index >= 15 is 0 Å². The van der Waals surface area contributed by atoms with Gasteiger partial charge in [-0.1, -0.05) is 19.1 Å². The highest BCUT2D eigenvalue weighted by Gasteiger charge is 2.33. The quantitative estimate of drug-likeness (QED) is 0.786. The number of rotatable bonds is 7. The first-order chi connectivity index (χ1) is 12.0. The minimum Gasteiger partial charge on any atom is -0.480 e. The molecule has 6 heteroatoms. The Bertz CT molecular complexity index is 655. The number of fused-ring (bicyclic) bond motifs is 1. The summed E-state index contributed by atoms with van der Waals surface area (Å²) < 4.78 is 0. The van der Waals surface area contributed by atoms with Crippen molar-refractivity contribution < 1.29 is 14.7 Å². The second kappa shape index (κ2) is 7.54. The van der Waals surface area contributed by atoms with Gasteiger partial charge in [0.05, 0.1) is 6.54 Å². The molecule has 1 aliphatic heterocycles. The highest BCUT2D eigenvalue weighted by atomic mass is 16.4. The van der Waals surface area contributed by atoms with Crippen molar-refractivity contribution in [3.05, 3.63) is 29.3 Å². The van der Waals surface area contributed by atoms with Crippen molar-refractivity contribution >= 4 is 17.6 Å². The number of likely N-dealkylation sites (N-methyl/N-ethyl adjacent to an activating group) is 1. The van der Waals surface area contributed by atoms with Crippen LogP contribution in [0.25, 0.3) is 0 Å². The number of hydrogen-bond donors (Lipinski definition) is 2. The molecule has 2 aliphatic rings. The maximum absolute atomic E-state index is 11.8. The van der Waals surface area contributed by atoms with Crippen molar-refractivity contribution in [2.45, 2.75) is 51.2 Å². The number of carbonyl (C=O) groups is 2. The van der Waals surface area contributed by atoms with Gasteiger partial charge in [0, 0.05) is 37.8 Å². The molecule has 136 valence electrons. The van der Waals surface area contributed by atoms with Crippen LogP contribution in [0.15, 0.2) is 18.2 Å². The normalized spacial score (nSPS) is 22.7. The molecule has 0 atom stereocenters. The van der Waals surface area contributed by atoms with Crippen LogP contribution >= 0.6 is 0 Å². The summed E-state index contributed by atoms with van der Waals surface area (Å²) in [6.07, 6.45) is 3.41. The Morgan fingerprint density at radius 1 is 1.36 bits per heavy atom. The second-order valence-electron chi connectivity index (χ2n) is 7.08. The molecule has 0 unspecified atom stereocenters. The summed E-state index contributed by atoms with van der Waals surface area (Å²) in [4.78, 5) is 26.4. The highest BCUT2D eigenvalue weighted by molar-refractivity contribution is 5.95. The van der Waals surface area contributed by atoms with E-state index in [1.165, 1.54) is 11.1 Å². The summed E-state index contributed by atoms with van der Waals surface area (Å²) in [6.45, 7) is 3.73. The van der Waals surface area contributed by atoms with Crippen LogP contribution in [0.4, 0.5) is 5.69 Å². The Hall–Kier alpha value is -1.92. The average Bonchev–Trinajstić information content (AvgIpc) is 2.55. The summed E-state index contributed by atoms with van der Waals surface area (Å²) in [5, 5.41) is 12.5. The molecule has 0 bridgehead atoms. The maximum Gasteiger partial charge on any atom is 0.317 e. The first-order valence-corrected chi connectivity index (χ1v) is 9.05. The van der Waals surface area contributed by atoms with Gasteiger partial charge in [0.1, 0.15) is 0 Å². The molecule has 0 spiro atoms. The SMILES string of the molecule is CCN(CC(=O)O)C1CC(NCc2ccc3c(c2)CCC(=O)N3C)C1. The van der Waals surface area contributed by atoms with E-state index in [-0.39, 0.29) is 12.5 Å². The van der Waals surface area contributed by atoms with Crippen molar-refractivity contribution in [3.63, 3.8) is 0 Å². The number of hydrogen-bond acceptors (Lipinski definition) is 4. The number of aryl methyl sites for hydroxylation is 1. The molecular formula is C19H27N3O3. The fraction of sp³-hybridized carbons (Fsp3) is 0.579. The minimum absolute atomic E-state index is 0.130. The van der Waals surface area contributed by atoms with Crippen LogP contribution < -0.4 is 10.2 Å². The predicted octanol–water partition coefficient (Wildman–Crippen LogP) is 1.62. The third-order valence-corrected chi connectivity index (χ3v) is 5.46. The summed E-state index contributed by atoms with van der Waals surface area (Å²) in [7, 11) is 1.84. The number of carboxylic acid groups (broad SMARTS) is 1. The zero-order valence-electron chi connectivity index (χ0n) is 15.0. The van der Waals surface area contributed by atoms with Gasteiger partial charge in [-0.25, -0.2) is 0 Å². The molecule has 3 rings (SSSR count). The number of anilines is 1. The zero-order chi connectivity index (χ0) is 18.0. The lowest BCUT2D eigenvalue weighted by Crippen LogP contribution is -2.53. The van der Waals surface area contributed by atoms with Crippen molar-refractivity contribution in [3.8, 4) is 0 Å². The maximum atomic E-state index is 11.8. The summed E-state index contributed by atoms with van der Waals surface area (Å²) in [5.74, 6) is -0.573. The number of carbonyl (C=O) groups excluding carboxylic acids is 1. The van der Waals surface area contributed by atoms with Crippen LogP contribution in [0.5, 0.6) is 0 Å². The van der Waals surface area contributed by atoms with Crippen molar-refractivity contribution in [1.82, 2.24) is 10.2 Å². The van der Waals surface area contributed by atoms with Crippen molar-refractivity contribution in [2.24, 2.45) is 0 Å². The topological polar surface area (TPSA) is 72.9 Å². The molecule has 0 aromatic heterocycles. The van der Waals surface area contributed by atoms with Gasteiger partial charge in [-0.15, -0.1) is 0 Å². The van der Waals surface area contributed by atoms with Crippen LogP contribution in [0.1, 0.15) is 37.3 Å². The van der Waals surface area contributed by atoms with Gasteiger partial charge in [-0.05, 0) is 43.0 Å². The Balaban J connectivity index is 1.49. The Morgan fingerprint density at radius 2 is 2.12 bits per heavy atom. The van der Waals surface area contributed by atoms with Gasteiger partial charge >= 0.3 is 5.97 Å². The first-order valence-electron chi connectivity index (χ1n) is 9.05. The number of nitrogens with zero attached hydrogens (tertiary/aromatic N) is 2. The van der Waals surface area contributed by atoms with E-state index in [4.69, 9.17) is 5.11 Å². The van der Waals surface area contributed by atoms with E-state index in [1.807, 2.05) is 24.9 Å². The molecule has 1 amide bonds.